The van der Waals surface area contributed by atoms with Gasteiger partial charge < -0.3 is 14.5 Å². The van der Waals surface area contributed by atoms with E-state index in [1.165, 1.54) is 5.56 Å². The minimum absolute atomic E-state index is 0.801. The lowest BCUT2D eigenvalue weighted by molar-refractivity contribution is 0.0312. The summed E-state index contributed by atoms with van der Waals surface area (Å²) in [4.78, 5) is 2.37. The number of aryl methyl sites for hydroxylation is 1. The third-order valence-electron chi connectivity index (χ3n) is 2.89. The smallest absolute Gasteiger partial charge is 0.120 e. The number of ether oxygens (including phenoxy) is 1. The molecule has 0 saturated carbocycles. The molecule has 1 aromatic heterocycles. The van der Waals surface area contributed by atoms with Gasteiger partial charge in [-0.3, -0.25) is 4.90 Å². The average Bonchev–Trinajstić information content (AvgIpc) is 2.61. The topological polar surface area (TPSA) is 37.6 Å². The van der Waals surface area contributed by atoms with Crippen LogP contribution in [0.25, 0.3) is 0 Å². The Morgan fingerprint density at radius 3 is 2.81 bits per heavy atom. The maximum Gasteiger partial charge on any atom is 0.120 e. The van der Waals surface area contributed by atoms with E-state index in [1.807, 2.05) is 7.05 Å². The predicted octanol–water partition coefficient (Wildman–Crippen LogP) is 1.14. The van der Waals surface area contributed by atoms with Crippen molar-refractivity contribution in [3.05, 3.63) is 23.2 Å². The Balaban J connectivity index is 1.95. The van der Waals surface area contributed by atoms with E-state index in [1.54, 1.807) is 0 Å². The van der Waals surface area contributed by atoms with Crippen LogP contribution in [0.1, 0.15) is 17.1 Å². The molecule has 1 fully saturated rings. The largest absolute Gasteiger partial charge is 0.463 e. The van der Waals surface area contributed by atoms with Crippen LogP contribution in [0.4, 0.5) is 0 Å². The van der Waals surface area contributed by atoms with E-state index in [0.717, 1.165) is 50.9 Å². The van der Waals surface area contributed by atoms with Crippen LogP contribution < -0.4 is 5.32 Å². The van der Waals surface area contributed by atoms with Gasteiger partial charge in [0.2, 0.25) is 0 Å². The van der Waals surface area contributed by atoms with Crippen LogP contribution in [-0.2, 0) is 17.8 Å². The molecule has 0 atom stereocenters. The summed E-state index contributed by atoms with van der Waals surface area (Å²) in [5, 5.41) is 3.11. The van der Waals surface area contributed by atoms with Crippen molar-refractivity contribution in [2.75, 3.05) is 33.4 Å². The van der Waals surface area contributed by atoms with Crippen LogP contribution >= 0.6 is 0 Å². The van der Waals surface area contributed by atoms with Crippen LogP contribution in [0.15, 0.2) is 10.5 Å². The summed E-state index contributed by atoms with van der Waals surface area (Å²) in [7, 11) is 1.93. The molecule has 1 saturated heterocycles. The van der Waals surface area contributed by atoms with Gasteiger partial charge in [-0.1, -0.05) is 0 Å². The molecule has 90 valence electrons. The Kier molecular flexibility index (Phi) is 3.98. The molecule has 0 aliphatic carbocycles. The Morgan fingerprint density at radius 1 is 1.38 bits per heavy atom. The lowest BCUT2D eigenvalue weighted by Crippen LogP contribution is -2.35. The van der Waals surface area contributed by atoms with Crippen LogP contribution in [0, 0.1) is 6.92 Å². The van der Waals surface area contributed by atoms with Crippen molar-refractivity contribution in [2.45, 2.75) is 20.0 Å². The first kappa shape index (κ1) is 11.6. The average molecular weight is 224 g/mol. The van der Waals surface area contributed by atoms with Crippen molar-refractivity contribution in [1.82, 2.24) is 10.2 Å². The third-order valence-corrected chi connectivity index (χ3v) is 2.89. The number of hydrogen-bond donors (Lipinski definition) is 1. The van der Waals surface area contributed by atoms with E-state index in [-0.39, 0.29) is 0 Å². The highest BCUT2D eigenvalue weighted by Gasteiger charge is 2.14. The first-order valence-corrected chi connectivity index (χ1v) is 5.82. The first-order chi connectivity index (χ1) is 7.79. The predicted molar refractivity (Wildman–Crippen MR) is 62.3 cm³/mol. The van der Waals surface area contributed by atoms with Gasteiger partial charge >= 0.3 is 0 Å². The van der Waals surface area contributed by atoms with Gasteiger partial charge in [0.25, 0.3) is 0 Å². The van der Waals surface area contributed by atoms with Gasteiger partial charge in [0, 0.05) is 13.1 Å². The van der Waals surface area contributed by atoms with E-state index in [2.05, 4.69) is 23.2 Å². The maximum atomic E-state index is 5.81. The van der Waals surface area contributed by atoms with Crippen molar-refractivity contribution in [3.8, 4) is 0 Å². The molecule has 1 aliphatic rings. The highest BCUT2D eigenvalue weighted by atomic mass is 16.5. The van der Waals surface area contributed by atoms with Crippen molar-refractivity contribution >= 4 is 0 Å². The summed E-state index contributed by atoms with van der Waals surface area (Å²) >= 11 is 0. The Hall–Kier alpha value is -0.840. The molecule has 0 spiro atoms. The lowest BCUT2D eigenvalue weighted by atomic mass is 10.2. The van der Waals surface area contributed by atoms with Crippen molar-refractivity contribution in [3.63, 3.8) is 0 Å². The normalized spacial score (nSPS) is 17.9. The van der Waals surface area contributed by atoms with Crippen LogP contribution in [0.5, 0.6) is 0 Å². The number of nitrogens with zero attached hydrogens (tertiary/aromatic N) is 1. The van der Waals surface area contributed by atoms with Crippen molar-refractivity contribution in [1.29, 1.82) is 0 Å². The fourth-order valence-electron chi connectivity index (χ4n) is 1.98. The van der Waals surface area contributed by atoms with Crippen LogP contribution in [0.3, 0.4) is 0 Å². The molecule has 0 amide bonds. The van der Waals surface area contributed by atoms with Gasteiger partial charge in [-0.05, 0) is 25.6 Å². The summed E-state index contributed by atoms with van der Waals surface area (Å²) in [6, 6.07) is 2.14. The maximum absolute atomic E-state index is 5.81. The van der Waals surface area contributed by atoms with E-state index in [0.29, 0.717) is 0 Å². The first-order valence-electron chi connectivity index (χ1n) is 5.82. The number of morpholine rings is 1. The van der Waals surface area contributed by atoms with E-state index in [9.17, 15) is 0 Å². The molecule has 0 unspecified atom stereocenters. The van der Waals surface area contributed by atoms with Crippen molar-refractivity contribution in [2.24, 2.45) is 0 Å². The second-order valence-corrected chi connectivity index (χ2v) is 4.24. The van der Waals surface area contributed by atoms with E-state index in [4.69, 9.17) is 9.15 Å². The van der Waals surface area contributed by atoms with Gasteiger partial charge in [0.05, 0.1) is 26.3 Å². The molecule has 0 radical (unpaired) electrons. The lowest BCUT2D eigenvalue weighted by Gasteiger charge is -2.25. The molecule has 1 N–H and O–H groups in total. The van der Waals surface area contributed by atoms with Gasteiger partial charge in [-0.25, -0.2) is 0 Å². The number of hydrogen-bond acceptors (Lipinski definition) is 4. The molecule has 4 nitrogen and oxygen atoms in total. The molecule has 1 aliphatic heterocycles. The minimum Gasteiger partial charge on any atom is -0.463 e. The zero-order valence-corrected chi connectivity index (χ0v) is 10.1. The highest BCUT2D eigenvalue weighted by Crippen LogP contribution is 2.16. The summed E-state index contributed by atoms with van der Waals surface area (Å²) in [5.74, 6) is 2.11. The van der Waals surface area contributed by atoms with Crippen LogP contribution in [0.2, 0.25) is 0 Å². The van der Waals surface area contributed by atoms with Gasteiger partial charge in [-0.15, -0.1) is 0 Å². The second kappa shape index (κ2) is 5.48. The zero-order valence-electron chi connectivity index (χ0n) is 10.1. The summed E-state index contributed by atoms with van der Waals surface area (Å²) in [5.41, 5.74) is 1.23. The summed E-state index contributed by atoms with van der Waals surface area (Å²) in [6.45, 7) is 7.47. The molecule has 0 aromatic carbocycles. The summed E-state index contributed by atoms with van der Waals surface area (Å²) in [6.07, 6.45) is 0. The van der Waals surface area contributed by atoms with Gasteiger partial charge in [0.1, 0.15) is 11.5 Å². The summed E-state index contributed by atoms with van der Waals surface area (Å²) < 4.78 is 11.1. The zero-order chi connectivity index (χ0) is 11.4. The SMILES string of the molecule is CNCc1oc(CN2CCOCC2)cc1C. The standard InChI is InChI=1S/C12H20N2O2/c1-10-7-11(16-12(10)8-13-2)9-14-3-5-15-6-4-14/h7,13H,3-6,8-9H2,1-2H3. The Labute approximate surface area is 96.6 Å². The molecule has 0 bridgehead atoms. The Morgan fingerprint density at radius 2 is 2.12 bits per heavy atom. The van der Waals surface area contributed by atoms with Gasteiger partial charge in [0.15, 0.2) is 0 Å². The molecular weight excluding hydrogens is 204 g/mol. The molecule has 1 aromatic rings. The van der Waals surface area contributed by atoms with Crippen LogP contribution in [-0.4, -0.2) is 38.3 Å². The second-order valence-electron chi connectivity index (χ2n) is 4.24. The minimum atomic E-state index is 0.801. The number of furan rings is 1. The van der Waals surface area contributed by atoms with Crippen molar-refractivity contribution < 1.29 is 9.15 Å². The molecule has 16 heavy (non-hydrogen) atoms. The number of rotatable bonds is 4. The molecule has 2 rings (SSSR count). The van der Waals surface area contributed by atoms with E-state index >= 15 is 0 Å². The quantitative estimate of drug-likeness (QED) is 0.832. The molecule has 4 heteroatoms. The Bertz CT molecular complexity index is 330. The fourth-order valence-corrected chi connectivity index (χ4v) is 1.98. The molecular formula is C12H20N2O2. The molecule has 2 heterocycles. The highest BCUT2D eigenvalue weighted by molar-refractivity contribution is 5.20. The fraction of sp³-hybridized carbons (Fsp3) is 0.667. The van der Waals surface area contributed by atoms with Gasteiger partial charge in [-0.2, -0.15) is 0 Å². The van der Waals surface area contributed by atoms with E-state index < -0.39 is 0 Å². The third kappa shape index (κ3) is 2.84. The monoisotopic (exact) mass is 224 g/mol. The number of nitrogens with one attached hydrogen (secondary N) is 1.